The molecule has 0 aliphatic carbocycles. The van der Waals surface area contributed by atoms with Crippen molar-refractivity contribution in [2.45, 2.75) is 75.7 Å². The Balaban J connectivity index is 1.04. The topological polar surface area (TPSA) is 115 Å². The van der Waals surface area contributed by atoms with E-state index in [1.807, 2.05) is 110 Å². The number of para-hydroxylation sites is 2. The van der Waals surface area contributed by atoms with E-state index in [1.54, 1.807) is 22.9 Å². The van der Waals surface area contributed by atoms with Crippen LogP contribution in [0.4, 0.5) is 15.5 Å². The quantitative estimate of drug-likeness (QED) is 0.111. The number of hydrogen-bond acceptors (Lipinski definition) is 5. The number of aromatic nitrogens is 1. The van der Waals surface area contributed by atoms with Crippen molar-refractivity contribution in [2.24, 2.45) is 5.92 Å². The standard InChI is InChI=1S/C43H45FN4O5Si/c1-27-41(54(2,3)44)38(22-40(51)47-25-30-13-5-4-12-29(30)20-33(47)26-49)53-43(27)35-16-7-9-18-37(35)48(42(43)52)24-28-11-10-14-32(19-28)46-39(50)21-31-23-45-36-17-8-6-15-34(31)36/h4-19,23,27,33,38,41,45,49H,20-22,24-26H2,1-3H3,(H,46,50)/t27-,33-,38+,41-,43+/m0/s1. The molecule has 0 bridgehead atoms. The molecule has 278 valence electrons. The Hall–Kier alpha value is -5.10. The zero-order valence-electron chi connectivity index (χ0n) is 30.7. The summed E-state index contributed by atoms with van der Waals surface area (Å²) in [5.74, 6) is -1.22. The Morgan fingerprint density at radius 1 is 1.00 bits per heavy atom. The van der Waals surface area contributed by atoms with E-state index in [0.29, 0.717) is 29.9 Å². The largest absolute Gasteiger partial charge is 0.394 e. The summed E-state index contributed by atoms with van der Waals surface area (Å²) in [7, 11) is -3.51. The molecule has 0 unspecified atom stereocenters. The van der Waals surface area contributed by atoms with E-state index in [0.717, 1.165) is 33.2 Å². The highest BCUT2D eigenvalue weighted by atomic mass is 28.4. The molecule has 1 saturated heterocycles. The molecule has 11 heteroatoms. The van der Waals surface area contributed by atoms with Crippen molar-refractivity contribution in [3.63, 3.8) is 0 Å². The predicted molar refractivity (Wildman–Crippen MR) is 209 cm³/mol. The average Bonchev–Trinajstić information content (AvgIpc) is 3.77. The summed E-state index contributed by atoms with van der Waals surface area (Å²) in [6, 6.07) is 30.3. The van der Waals surface area contributed by atoms with Crippen LogP contribution in [0.5, 0.6) is 0 Å². The highest BCUT2D eigenvalue weighted by Crippen LogP contribution is 2.60. The molecule has 5 aromatic rings. The van der Waals surface area contributed by atoms with Crippen molar-refractivity contribution in [2.75, 3.05) is 16.8 Å². The van der Waals surface area contributed by atoms with E-state index < -0.39 is 37.6 Å². The third-order valence-electron chi connectivity index (χ3n) is 11.7. The van der Waals surface area contributed by atoms with Crippen molar-refractivity contribution in [3.8, 4) is 0 Å². The Labute approximate surface area is 315 Å². The summed E-state index contributed by atoms with van der Waals surface area (Å²) in [6.45, 7) is 5.52. The highest BCUT2D eigenvalue weighted by Gasteiger charge is 2.67. The summed E-state index contributed by atoms with van der Waals surface area (Å²) in [6.07, 6.45) is 1.67. The van der Waals surface area contributed by atoms with Gasteiger partial charge in [-0.25, -0.2) is 0 Å². The summed E-state index contributed by atoms with van der Waals surface area (Å²) < 4.78 is 23.3. The molecular formula is C43H45FN4O5Si. The molecule has 3 aliphatic rings. The van der Waals surface area contributed by atoms with E-state index >= 15 is 4.11 Å². The number of H-pyrrole nitrogens is 1. The second-order valence-corrected chi connectivity index (χ2v) is 19.3. The minimum atomic E-state index is -3.51. The molecule has 4 heterocycles. The number of benzene rings is 4. The third kappa shape index (κ3) is 6.23. The minimum absolute atomic E-state index is 0.0918. The molecule has 0 saturated carbocycles. The molecule has 5 atom stereocenters. The third-order valence-corrected chi connectivity index (χ3v) is 14.2. The average molecular weight is 745 g/mol. The van der Waals surface area contributed by atoms with Crippen molar-refractivity contribution < 1.29 is 28.3 Å². The second-order valence-electron chi connectivity index (χ2n) is 15.5. The Morgan fingerprint density at radius 2 is 1.74 bits per heavy atom. The fourth-order valence-electron chi connectivity index (χ4n) is 9.28. The van der Waals surface area contributed by atoms with Crippen LogP contribution in [0, 0.1) is 5.92 Å². The number of carbonyl (C=O) groups excluding carboxylic acids is 3. The van der Waals surface area contributed by atoms with Gasteiger partial charge in [0.05, 0.1) is 43.8 Å². The molecule has 9 nitrogen and oxygen atoms in total. The summed E-state index contributed by atoms with van der Waals surface area (Å²) in [4.78, 5) is 48.7. The number of ether oxygens (including phenoxy) is 1. The second kappa shape index (κ2) is 14.0. The molecular weight excluding hydrogens is 700 g/mol. The molecule has 1 spiro atoms. The number of anilines is 2. The summed E-state index contributed by atoms with van der Waals surface area (Å²) in [5.41, 5.74) is 4.66. The molecule has 1 aromatic heterocycles. The zero-order chi connectivity index (χ0) is 37.8. The minimum Gasteiger partial charge on any atom is -0.394 e. The van der Waals surface area contributed by atoms with Crippen LogP contribution < -0.4 is 10.2 Å². The zero-order valence-corrected chi connectivity index (χ0v) is 31.7. The monoisotopic (exact) mass is 744 g/mol. The Morgan fingerprint density at radius 3 is 2.54 bits per heavy atom. The fraction of sp³-hybridized carbons (Fsp3) is 0.326. The van der Waals surface area contributed by atoms with E-state index in [2.05, 4.69) is 10.3 Å². The number of hydrogen-bond donors (Lipinski definition) is 3. The van der Waals surface area contributed by atoms with Gasteiger partial charge in [0.2, 0.25) is 20.2 Å². The number of nitrogens with zero attached hydrogens (tertiary/aromatic N) is 2. The van der Waals surface area contributed by atoms with E-state index in [9.17, 15) is 19.5 Å². The molecule has 3 aliphatic heterocycles. The number of fused-ring (bicyclic) bond motifs is 4. The lowest BCUT2D eigenvalue weighted by Crippen LogP contribution is -2.48. The van der Waals surface area contributed by atoms with Crippen LogP contribution in [-0.4, -0.2) is 59.9 Å². The number of amides is 3. The molecule has 4 aromatic carbocycles. The highest BCUT2D eigenvalue weighted by molar-refractivity contribution is 6.72. The first-order valence-electron chi connectivity index (χ1n) is 18.7. The summed E-state index contributed by atoms with van der Waals surface area (Å²) in [5, 5.41) is 14.3. The number of carbonyl (C=O) groups is 3. The van der Waals surface area contributed by atoms with Gasteiger partial charge in [0, 0.05) is 46.4 Å². The fourth-order valence-corrected chi connectivity index (χ4v) is 11.8. The van der Waals surface area contributed by atoms with Crippen molar-refractivity contribution >= 4 is 48.4 Å². The van der Waals surface area contributed by atoms with Crippen molar-refractivity contribution in [1.29, 1.82) is 0 Å². The van der Waals surface area contributed by atoms with E-state index in [4.69, 9.17) is 4.74 Å². The normalized spacial score (nSPS) is 23.5. The number of aliphatic hydroxyl groups excluding tert-OH is 1. The molecule has 3 N–H and O–H groups in total. The lowest BCUT2D eigenvalue weighted by atomic mass is 9.82. The SMILES string of the molecule is C[C@H]1[C@H]([Si](C)(C)F)[C@@H](CC(=O)N2Cc3ccccc3C[C@H]2CO)O[C@]12C(=O)N(Cc1cccc(NC(=O)Cc3c[nH]c4ccccc34)c1)c1ccccc12. The van der Waals surface area contributed by atoms with Gasteiger partial charge in [-0.1, -0.05) is 79.7 Å². The lowest BCUT2D eigenvalue weighted by Gasteiger charge is -2.37. The first-order chi connectivity index (χ1) is 26.0. The van der Waals surface area contributed by atoms with Crippen molar-refractivity contribution in [1.82, 2.24) is 9.88 Å². The number of aromatic amines is 1. The summed E-state index contributed by atoms with van der Waals surface area (Å²) >= 11 is 0. The van der Waals surface area contributed by atoms with Crippen LogP contribution in [0.15, 0.2) is 103 Å². The first-order valence-corrected chi connectivity index (χ1v) is 21.6. The smallest absolute Gasteiger partial charge is 0.264 e. The Bertz CT molecular complexity index is 2250. The van der Waals surface area contributed by atoms with Gasteiger partial charge in [-0.15, -0.1) is 0 Å². The van der Waals surface area contributed by atoms with Gasteiger partial charge in [-0.05, 0) is 66.0 Å². The number of rotatable bonds is 9. The molecule has 54 heavy (non-hydrogen) atoms. The van der Waals surface area contributed by atoms with Gasteiger partial charge in [0.25, 0.3) is 5.91 Å². The van der Waals surface area contributed by atoms with Crippen LogP contribution in [-0.2, 0) is 50.7 Å². The number of nitrogens with one attached hydrogen (secondary N) is 2. The van der Waals surface area contributed by atoms with E-state index in [-0.39, 0.29) is 43.7 Å². The maximum atomic E-state index is 16.5. The van der Waals surface area contributed by atoms with Crippen LogP contribution >= 0.6 is 0 Å². The number of halogens is 1. The van der Waals surface area contributed by atoms with E-state index in [1.165, 1.54) is 0 Å². The Kier molecular flexibility index (Phi) is 9.27. The van der Waals surface area contributed by atoms with Crippen molar-refractivity contribution in [3.05, 3.63) is 131 Å². The van der Waals surface area contributed by atoms with Crippen LogP contribution in [0.1, 0.15) is 41.2 Å². The first kappa shape index (κ1) is 35.9. The van der Waals surface area contributed by atoms with Crippen LogP contribution in [0.3, 0.4) is 0 Å². The van der Waals surface area contributed by atoms with Gasteiger partial charge in [0.1, 0.15) is 0 Å². The maximum absolute atomic E-state index is 16.5. The van der Waals surface area contributed by atoms with Crippen LogP contribution in [0.2, 0.25) is 18.6 Å². The lowest BCUT2D eigenvalue weighted by molar-refractivity contribution is -0.151. The molecule has 0 radical (unpaired) electrons. The van der Waals surface area contributed by atoms with Gasteiger partial charge in [-0.2, -0.15) is 0 Å². The van der Waals surface area contributed by atoms with Gasteiger partial charge in [0.15, 0.2) is 5.60 Å². The van der Waals surface area contributed by atoms with Gasteiger partial charge in [-0.3, -0.25) is 14.4 Å². The van der Waals surface area contributed by atoms with Crippen LogP contribution in [0.25, 0.3) is 10.9 Å². The van der Waals surface area contributed by atoms with Gasteiger partial charge >= 0.3 is 0 Å². The molecule has 1 fully saturated rings. The number of aliphatic hydroxyl groups is 1. The predicted octanol–water partition coefficient (Wildman–Crippen LogP) is 7.01. The van der Waals surface area contributed by atoms with Gasteiger partial charge < -0.3 is 34.1 Å². The molecule has 8 rings (SSSR count). The maximum Gasteiger partial charge on any atom is 0.264 e. The molecule has 3 amide bonds.